The number of ether oxygens (including phenoxy) is 3. The number of methoxy groups -OCH3 is 3. The van der Waals surface area contributed by atoms with E-state index in [4.69, 9.17) is 19.3 Å². The second-order valence-electron chi connectivity index (χ2n) is 9.42. The van der Waals surface area contributed by atoms with Crippen molar-refractivity contribution in [3.8, 4) is 34.2 Å². The molecule has 1 saturated heterocycles. The van der Waals surface area contributed by atoms with Crippen LogP contribution in [0.3, 0.4) is 0 Å². The lowest BCUT2D eigenvalue weighted by Gasteiger charge is -2.36. The van der Waals surface area contributed by atoms with E-state index < -0.39 is 11.7 Å². The number of alkyl halides is 3. The van der Waals surface area contributed by atoms with E-state index in [1.54, 1.807) is 67.3 Å². The van der Waals surface area contributed by atoms with Crippen molar-refractivity contribution in [2.45, 2.75) is 6.18 Å². The Bertz CT molecular complexity index is 1530. The van der Waals surface area contributed by atoms with Gasteiger partial charge in [-0.3, -0.25) is 4.79 Å². The highest BCUT2D eigenvalue weighted by molar-refractivity contribution is 5.95. The molecule has 1 aliphatic heterocycles. The minimum atomic E-state index is -4.42. The van der Waals surface area contributed by atoms with Crippen molar-refractivity contribution in [1.29, 1.82) is 0 Å². The Kier molecular flexibility index (Phi) is 7.78. The average molecular weight is 567 g/mol. The molecule has 11 heteroatoms. The number of carbonyl (C=O) groups is 1. The molecule has 2 heterocycles. The Balaban J connectivity index is 1.44. The van der Waals surface area contributed by atoms with Gasteiger partial charge in [-0.15, -0.1) is 0 Å². The number of nitrogens with zero attached hydrogens (tertiary/aromatic N) is 4. The number of carbonyl (C=O) groups excluding carboxylic acids is 1. The van der Waals surface area contributed by atoms with E-state index in [9.17, 15) is 18.0 Å². The van der Waals surface area contributed by atoms with Gasteiger partial charge in [0.1, 0.15) is 22.9 Å². The summed E-state index contributed by atoms with van der Waals surface area (Å²) in [4.78, 5) is 17.4. The number of hydrogen-bond acceptors (Lipinski definition) is 6. The van der Waals surface area contributed by atoms with Crippen molar-refractivity contribution in [2.24, 2.45) is 0 Å². The van der Waals surface area contributed by atoms with E-state index in [1.807, 2.05) is 23.1 Å². The third-order valence-corrected chi connectivity index (χ3v) is 7.04. The van der Waals surface area contributed by atoms with Gasteiger partial charge in [0.05, 0.1) is 38.3 Å². The smallest absolute Gasteiger partial charge is 0.416 e. The lowest BCUT2D eigenvalue weighted by molar-refractivity contribution is -0.137. The fourth-order valence-corrected chi connectivity index (χ4v) is 4.80. The number of piperazine rings is 1. The van der Waals surface area contributed by atoms with Crippen LogP contribution < -0.4 is 19.1 Å². The molecule has 5 rings (SSSR count). The van der Waals surface area contributed by atoms with E-state index in [0.29, 0.717) is 71.8 Å². The first kappa shape index (κ1) is 27.9. The molecule has 1 aromatic heterocycles. The zero-order chi connectivity index (χ0) is 29.1. The zero-order valence-corrected chi connectivity index (χ0v) is 22.8. The number of rotatable bonds is 7. The normalized spacial score (nSPS) is 13.7. The van der Waals surface area contributed by atoms with Crippen LogP contribution >= 0.6 is 0 Å². The molecule has 1 fully saturated rings. The molecule has 0 bridgehead atoms. The number of hydrogen-bond donors (Lipinski definition) is 0. The lowest BCUT2D eigenvalue weighted by atomic mass is 10.1. The molecule has 0 saturated carbocycles. The van der Waals surface area contributed by atoms with E-state index >= 15 is 0 Å². The molecule has 214 valence electrons. The summed E-state index contributed by atoms with van der Waals surface area (Å²) < 4.78 is 57.4. The molecule has 0 N–H and O–H groups in total. The van der Waals surface area contributed by atoms with Crippen LogP contribution in [0.1, 0.15) is 16.1 Å². The summed E-state index contributed by atoms with van der Waals surface area (Å²) in [6.45, 7) is 1.46. The van der Waals surface area contributed by atoms with Crippen molar-refractivity contribution >= 4 is 11.6 Å². The van der Waals surface area contributed by atoms with Gasteiger partial charge in [0.25, 0.3) is 5.91 Å². The van der Waals surface area contributed by atoms with E-state index in [-0.39, 0.29) is 5.91 Å². The van der Waals surface area contributed by atoms with Crippen LogP contribution in [0.2, 0.25) is 0 Å². The molecule has 4 aromatic rings. The van der Waals surface area contributed by atoms with Gasteiger partial charge in [-0.2, -0.15) is 18.3 Å². The second-order valence-corrected chi connectivity index (χ2v) is 9.42. The third kappa shape index (κ3) is 5.79. The summed E-state index contributed by atoms with van der Waals surface area (Å²) in [5.74, 6) is 1.58. The Morgan fingerprint density at radius 2 is 1.46 bits per heavy atom. The molecule has 1 amide bonds. The fraction of sp³-hybridized carbons (Fsp3) is 0.267. The van der Waals surface area contributed by atoms with Crippen molar-refractivity contribution in [3.63, 3.8) is 0 Å². The van der Waals surface area contributed by atoms with Crippen molar-refractivity contribution in [2.75, 3.05) is 52.4 Å². The number of anilines is 1. The maximum atomic E-state index is 13.9. The van der Waals surface area contributed by atoms with Crippen LogP contribution in [-0.4, -0.2) is 68.1 Å². The summed E-state index contributed by atoms with van der Waals surface area (Å²) in [5.41, 5.74) is 2.00. The van der Waals surface area contributed by atoms with E-state index in [0.717, 1.165) is 12.1 Å². The van der Waals surface area contributed by atoms with Gasteiger partial charge in [-0.25, -0.2) is 4.68 Å². The first-order valence-corrected chi connectivity index (χ1v) is 12.9. The average Bonchev–Trinajstić information content (AvgIpc) is 3.45. The summed E-state index contributed by atoms with van der Waals surface area (Å²) in [6, 6.07) is 19.5. The molecule has 0 unspecified atom stereocenters. The summed E-state index contributed by atoms with van der Waals surface area (Å²) in [5, 5.41) is 4.77. The standard InChI is InChI=1S/C30H29F3N4O4/c1-39-23-9-7-21(8-10-23)37-27(19-26(34-37)25-12-11-24(40-2)18-28(25)41-3)29(38)36-15-13-35(14-16-36)22-6-4-5-20(17-22)30(31,32)33/h4-12,17-19H,13-16H2,1-3H3. The fourth-order valence-electron chi connectivity index (χ4n) is 4.80. The van der Waals surface area contributed by atoms with Crippen LogP contribution in [0.25, 0.3) is 16.9 Å². The van der Waals surface area contributed by atoms with Crippen LogP contribution in [0.15, 0.2) is 72.8 Å². The molecule has 8 nitrogen and oxygen atoms in total. The number of benzene rings is 3. The molecular weight excluding hydrogens is 537 g/mol. The maximum absolute atomic E-state index is 13.9. The van der Waals surface area contributed by atoms with Gasteiger partial charge in [0, 0.05) is 43.5 Å². The lowest BCUT2D eigenvalue weighted by Crippen LogP contribution is -2.49. The third-order valence-electron chi connectivity index (χ3n) is 7.04. The van der Waals surface area contributed by atoms with Crippen LogP contribution in [0, 0.1) is 0 Å². The van der Waals surface area contributed by atoms with E-state index in [1.165, 1.54) is 6.07 Å². The Morgan fingerprint density at radius 3 is 2.10 bits per heavy atom. The molecule has 0 aliphatic carbocycles. The van der Waals surface area contributed by atoms with Crippen LogP contribution in [-0.2, 0) is 6.18 Å². The van der Waals surface area contributed by atoms with Crippen LogP contribution in [0.4, 0.5) is 18.9 Å². The van der Waals surface area contributed by atoms with Crippen LogP contribution in [0.5, 0.6) is 17.2 Å². The monoisotopic (exact) mass is 566 g/mol. The Hall–Kier alpha value is -4.67. The van der Waals surface area contributed by atoms with E-state index in [2.05, 4.69) is 0 Å². The van der Waals surface area contributed by atoms with Crippen molar-refractivity contribution in [1.82, 2.24) is 14.7 Å². The van der Waals surface area contributed by atoms with Gasteiger partial charge in [-0.1, -0.05) is 6.07 Å². The van der Waals surface area contributed by atoms with Gasteiger partial charge in [-0.05, 0) is 60.7 Å². The molecule has 0 radical (unpaired) electrons. The molecule has 3 aromatic carbocycles. The van der Waals surface area contributed by atoms with Crippen molar-refractivity contribution < 1.29 is 32.2 Å². The first-order valence-electron chi connectivity index (χ1n) is 12.9. The largest absolute Gasteiger partial charge is 0.497 e. The molecular formula is C30H29F3N4O4. The topological polar surface area (TPSA) is 69.1 Å². The van der Waals surface area contributed by atoms with Gasteiger partial charge >= 0.3 is 6.18 Å². The molecule has 41 heavy (non-hydrogen) atoms. The summed E-state index contributed by atoms with van der Waals surface area (Å²) in [6.07, 6.45) is -4.42. The minimum Gasteiger partial charge on any atom is -0.497 e. The van der Waals surface area contributed by atoms with Gasteiger partial charge < -0.3 is 24.0 Å². The number of amides is 1. The summed E-state index contributed by atoms with van der Waals surface area (Å²) in [7, 11) is 4.69. The highest BCUT2D eigenvalue weighted by atomic mass is 19.4. The van der Waals surface area contributed by atoms with Crippen molar-refractivity contribution in [3.05, 3.63) is 84.1 Å². The highest BCUT2D eigenvalue weighted by Gasteiger charge is 2.32. The zero-order valence-electron chi connectivity index (χ0n) is 22.8. The quantitative estimate of drug-likeness (QED) is 0.292. The Labute approximate surface area is 235 Å². The minimum absolute atomic E-state index is 0.240. The second kappa shape index (κ2) is 11.4. The SMILES string of the molecule is COc1ccc(-n2nc(-c3ccc(OC)cc3OC)cc2C(=O)N2CCN(c3cccc(C(F)(F)F)c3)CC2)cc1. The molecule has 0 spiro atoms. The predicted octanol–water partition coefficient (Wildman–Crippen LogP) is 5.55. The molecule has 0 atom stereocenters. The maximum Gasteiger partial charge on any atom is 0.416 e. The number of halogens is 3. The molecule has 1 aliphatic rings. The highest BCUT2D eigenvalue weighted by Crippen LogP contribution is 2.35. The number of aromatic nitrogens is 2. The first-order chi connectivity index (χ1) is 19.7. The predicted molar refractivity (Wildman–Crippen MR) is 148 cm³/mol. The Morgan fingerprint density at radius 1 is 0.780 bits per heavy atom. The van der Waals surface area contributed by atoms with Gasteiger partial charge in [0.15, 0.2) is 0 Å². The summed E-state index contributed by atoms with van der Waals surface area (Å²) >= 11 is 0. The van der Waals surface area contributed by atoms with Gasteiger partial charge in [0.2, 0.25) is 0 Å².